The molecule has 0 bridgehead atoms. The molecule has 1 aromatic heterocycles. The number of esters is 1. The minimum atomic E-state index is -0.906. The zero-order valence-electron chi connectivity index (χ0n) is 15.7. The lowest BCUT2D eigenvalue weighted by atomic mass is 10.2. The van der Waals surface area contributed by atoms with Crippen molar-refractivity contribution in [2.24, 2.45) is 0 Å². The average molecular weight is 385 g/mol. The van der Waals surface area contributed by atoms with Gasteiger partial charge in [0.25, 0.3) is 0 Å². The molecule has 27 heavy (non-hydrogen) atoms. The molecule has 1 aromatic carbocycles. The molecule has 1 atom stereocenters. The second-order valence-corrected chi connectivity index (χ2v) is 7.72. The van der Waals surface area contributed by atoms with Crippen LogP contribution in [0.3, 0.4) is 0 Å². The quantitative estimate of drug-likeness (QED) is 0.621. The Balaban J connectivity index is 2.00. The minimum absolute atomic E-state index is 0.129. The Morgan fingerprint density at radius 2 is 1.89 bits per heavy atom. The van der Waals surface area contributed by atoms with Gasteiger partial charge < -0.3 is 14.8 Å². The molecular weight excluding hydrogens is 362 g/mol. The molecule has 0 aliphatic rings. The number of thiophene rings is 1. The number of rotatable bonds is 5. The molecule has 5 nitrogen and oxygen atoms in total. The first kappa shape index (κ1) is 20.5. The first-order chi connectivity index (χ1) is 12.8. The van der Waals surface area contributed by atoms with Crippen LogP contribution in [0.4, 0.5) is 4.79 Å². The molecule has 0 radical (unpaired) electrons. The highest BCUT2D eigenvalue weighted by Gasteiger charge is 2.25. The van der Waals surface area contributed by atoms with E-state index in [4.69, 9.17) is 9.47 Å². The summed E-state index contributed by atoms with van der Waals surface area (Å²) >= 11 is 1.51. The standard InChI is InChI=1S/C21H23NO4S/c1-21(2,3)26-20(24)22-18(13-7-11-17-12-8-14-27-17)19(23)25-15-16-9-5-4-6-10-16/h4-6,8-10,12,14,18H,13,15H2,1-3H3,(H,22,24). The lowest BCUT2D eigenvalue weighted by Crippen LogP contribution is -2.44. The van der Waals surface area contributed by atoms with Gasteiger partial charge in [-0.3, -0.25) is 0 Å². The van der Waals surface area contributed by atoms with Crippen molar-refractivity contribution in [1.29, 1.82) is 0 Å². The molecule has 0 aliphatic carbocycles. The third-order valence-electron chi connectivity index (χ3n) is 3.24. The van der Waals surface area contributed by atoms with Crippen LogP contribution in [0.25, 0.3) is 0 Å². The number of benzene rings is 1. The largest absolute Gasteiger partial charge is 0.459 e. The molecule has 0 aliphatic heterocycles. The van der Waals surface area contributed by atoms with Gasteiger partial charge in [-0.25, -0.2) is 9.59 Å². The van der Waals surface area contributed by atoms with Crippen LogP contribution < -0.4 is 5.32 Å². The third-order valence-corrected chi connectivity index (χ3v) is 4.02. The van der Waals surface area contributed by atoms with Crippen molar-refractivity contribution in [1.82, 2.24) is 5.32 Å². The molecule has 0 saturated heterocycles. The summed E-state index contributed by atoms with van der Waals surface area (Å²) in [6, 6.07) is 12.2. The smallest absolute Gasteiger partial charge is 0.408 e. The van der Waals surface area contributed by atoms with Crippen molar-refractivity contribution in [3.05, 3.63) is 58.3 Å². The molecule has 142 valence electrons. The van der Waals surface area contributed by atoms with Crippen molar-refractivity contribution >= 4 is 23.4 Å². The first-order valence-corrected chi connectivity index (χ1v) is 9.44. The van der Waals surface area contributed by atoms with Gasteiger partial charge in [-0.1, -0.05) is 48.2 Å². The van der Waals surface area contributed by atoms with Crippen LogP contribution in [0.5, 0.6) is 0 Å². The predicted molar refractivity (Wildman–Crippen MR) is 105 cm³/mol. The fourth-order valence-corrected chi connectivity index (χ4v) is 2.65. The maximum atomic E-state index is 12.5. The number of hydrogen-bond acceptors (Lipinski definition) is 5. The normalized spacial score (nSPS) is 11.7. The summed E-state index contributed by atoms with van der Waals surface area (Å²) in [5, 5.41) is 4.48. The van der Waals surface area contributed by atoms with Gasteiger partial charge in [0, 0.05) is 6.42 Å². The van der Waals surface area contributed by atoms with Gasteiger partial charge in [0.05, 0.1) is 4.88 Å². The van der Waals surface area contributed by atoms with E-state index >= 15 is 0 Å². The van der Waals surface area contributed by atoms with Crippen molar-refractivity contribution in [2.75, 3.05) is 0 Å². The highest BCUT2D eigenvalue weighted by molar-refractivity contribution is 7.10. The van der Waals surface area contributed by atoms with Crippen LogP contribution in [0, 0.1) is 11.8 Å². The predicted octanol–water partition coefficient (Wildman–Crippen LogP) is 4.13. The number of alkyl carbamates (subject to hydrolysis) is 1. The summed E-state index contributed by atoms with van der Waals surface area (Å²) in [6.07, 6.45) is -0.549. The van der Waals surface area contributed by atoms with Crippen LogP contribution in [-0.2, 0) is 20.9 Å². The topological polar surface area (TPSA) is 64.6 Å². The first-order valence-electron chi connectivity index (χ1n) is 8.56. The lowest BCUT2D eigenvalue weighted by Gasteiger charge is -2.22. The van der Waals surface area contributed by atoms with E-state index in [2.05, 4.69) is 17.2 Å². The molecular formula is C21H23NO4S. The van der Waals surface area contributed by atoms with Gasteiger partial charge in [-0.15, -0.1) is 11.3 Å². The van der Waals surface area contributed by atoms with Gasteiger partial charge >= 0.3 is 12.1 Å². The van der Waals surface area contributed by atoms with Gasteiger partial charge in [-0.2, -0.15) is 0 Å². The summed E-state index contributed by atoms with van der Waals surface area (Å²) in [4.78, 5) is 25.4. The van der Waals surface area contributed by atoms with E-state index in [9.17, 15) is 9.59 Å². The second kappa shape index (κ2) is 9.79. The van der Waals surface area contributed by atoms with E-state index in [-0.39, 0.29) is 13.0 Å². The average Bonchev–Trinajstić information content (AvgIpc) is 3.11. The SMILES string of the molecule is CC(C)(C)OC(=O)NC(CC#Cc1cccs1)C(=O)OCc1ccccc1. The summed E-state index contributed by atoms with van der Waals surface area (Å²) in [7, 11) is 0. The Bertz CT molecular complexity index is 798. The summed E-state index contributed by atoms with van der Waals surface area (Å²) < 4.78 is 10.6. The molecule has 1 amide bonds. The number of carbonyl (C=O) groups is 2. The molecule has 0 fully saturated rings. The van der Waals surface area contributed by atoms with Crippen molar-refractivity contribution in [3.8, 4) is 11.8 Å². The number of hydrogen-bond donors (Lipinski definition) is 1. The number of ether oxygens (including phenoxy) is 2. The van der Waals surface area contributed by atoms with Crippen LogP contribution in [-0.4, -0.2) is 23.7 Å². The third kappa shape index (κ3) is 7.97. The Morgan fingerprint density at radius 1 is 1.15 bits per heavy atom. The van der Waals surface area contributed by atoms with E-state index in [1.807, 2.05) is 47.8 Å². The summed E-state index contributed by atoms with van der Waals surface area (Å²) in [5.41, 5.74) is 0.206. The fourth-order valence-electron chi connectivity index (χ4n) is 2.06. The van der Waals surface area contributed by atoms with E-state index in [1.165, 1.54) is 11.3 Å². The number of amides is 1. The zero-order chi connectivity index (χ0) is 19.7. The molecule has 0 spiro atoms. The van der Waals surface area contributed by atoms with Gasteiger partial charge in [0.15, 0.2) is 0 Å². The number of carbonyl (C=O) groups excluding carboxylic acids is 2. The zero-order valence-corrected chi connectivity index (χ0v) is 16.5. The Labute approximate surface area is 163 Å². The molecule has 1 unspecified atom stereocenters. The Morgan fingerprint density at radius 3 is 2.52 bits per heavy atom. The highest BCUT2D eigenvalue weighted by atomic mass is 32.1. The maximum Gasteiger partial charge on any atom is 0.408 e. The molecule has 2 rings (SSSR count). The van der Waals surface area contributed by atoms with Crippen molar-refractivity contribution in [2.45, 2.75) is 45.4 Å². The monoisotopic (exact) mass is 385 g/mol. The highest BCUT2D eigenvalue weighted by Crippen LogP contribution is 2.09. The molecule has 1 N–H and O–H groups in total. The Hall–Kier alpha value is -2.78. The van der Waals surface area contributed by atoms with Crippen LogP contribution in [0.2, 0.25) is 0 Å². The van der Waals surface area contributed by atoms with Gasteiger partial charge in [0.2, 0.25) is 0 Å². The van der Waals surface area contributed by atoms with Crippen molar-refractivity contribution < 1.29 is 19.1 Å². The van der Waals surface area contributed by atoms with Crippen molar-refractivity contribution in [3.63, 3.8) is 0 Å². The molecule has 0 saturated carbocycles. The molecule has 1 heterocycles. The van der Waals surface area contributed by atoms with E-state index in [0.717, 1.165) is 10.4 Å². The summed E-state index contributed by atoms with van der Waals surface area (Å²) in [6.45, 7) is 5.40. The molecule has 6 heteroatoms. The van der Waals surface area contributed by atoms with Gasteiger partial charge in [0.1, 0.15) is 18.2 Å². The maximum absolute atomic E-state index is 12.5. The summed E-state index contributed by atoms with van der Waals surface area (Å²) in [5.74, 6) is 5.35. The van der Waals surface area contributed by atoms with Crippen LogP contribution >= 0.6 is 11.3 Å². The fraction of sp³-hybridized carbons (Fsp3) is 0.333. The minimum Gasteiger partial charge on any atom is -0.459 e. The van der Waals surface area contributed by atoms with Gasteiger partial charge in [-0.05, 0) is 37.8 Å². The van der Waals surface area contributed by atoms with Crippen LogP contribution in [0.15, 0.2) is 47.8 Å². The van der Waals surface area contributed by atoms with E-state index in [0.29, 0.717) is 0 Å². The second-order valence-electron chi connectivity index (χ2n) is 6.78. The Kier molecular flexibility index (Phi) is 7.44. The molecule has 2 aromatic rings. The van der Waals surface area contributed by atoms with E-state index < -0.39 is 23.7 Å². The lowest BCUT2D eigenvalue weighted by molar-refractivity contribution is -0.147. The van der Waals surface area contributed by atoms with Crippen LogP contribution in [0.1, 0.15) is 37.6 Å². The van der Waals surface area contributed by atoms with E-state index in [1.54, 1.807) is 20.8 Å². The number of nitrogens with one attached hydrogen (secondary N) is 1.